The van der Waals surface area contributed by atoms with Crippen molar-refractivity contribution < 1.29 is 14.8 Å². The maximum Gasteiger partial charge on any atom is 0.310 e. The summed E-state index contributed by atoms with van der Waals surface area (Å²) in [7, 11) is 0. The van der Waals surface area contributed by atoms with Crippen LogP contribution in [0.5, 0.6) is 5.75 Å². The van der Waals surface area contributed by atoms with E-state index in [0.29, 0.717) is 6.61 Å². The quantitative estimate of drug-likeness (QED) is 0.635. The summed E-state index contributed by atoms with van der Waals surface area (Å²) in [5, 5.41) is 20.8. The first kappa shape index (κ1) is 15.4. The average molecular weight is 267 g/mol. The molecular weight excluding hydrogens is 246 g/mol. The Bertz CT molecular complexity index is 435. The maximum absolute atomic E-state index is 10.9. The van der Waals surface area contributed by atoms with Crippen molar-refractivity contribution >= 4 is 5.69 Å². The first-order valence-electron chi connectivity index (χ1n) is 6.47. The van der Waals surface area contributed by atoms with Crippen molar-refractivity contribution in [1.29, 1.82) is 0 Å². The Kier molecular flexibility index (Phi) is 5.30. The Morgan fingerprint density at radius 3 is 2.42 bits per heavy atom. The summed E-state index contributed by atoms with van der Waals surface area (Å²) in [6.45, 7) is 7.90. The van der Waals surface area contributed by atoms with Gasteiger partial charge in [-0.3, -0.25) is 10.1 Å². The van der Waals surface area contributed by atoms with Crippen LogP contribution < -0.4 is 4.74 Å². The third kappa shape index (κ3) is 3.67. The lowest BCUT2D eigenvalue weighted by Gasteiger charge is -2.24. The molecule has 2 atom stereocenters. The predicted octanol–water partition coefficient (Wildman–Crippen LogP) is 3.11. The SMILES string of the molecule is CCOc1cc(C(C(C)C)C(C)O)ccc1[N+](=O)[O-]. The predicted molar refractivity (Wildman–Crippen MR) is 73.5 cm³/mol. The van der Waals surface area contributed by atoms with E-state index in [0.717, 1.165) is 5.56 Å². The van der Waals surface area contributed by atoms with E-state index < -0.39 is 11.0 Å². The summed E-state index contributed by atoms with van der Waals surface area (Å²) in [6, 6.07) is 4.80. The molecule has 2 unspecified atom stereocenters. The topological polar surface area (TPSA) is 72.6 Å². The molecular formula is C14H21NO4. The molecule has 0 radical (unpaired) electrons. The Hall–Kier alpha value is -1.62. The molecule has 0 aliphatic heterocycles. The molecule has 0 saturated heterocycles. The second-order valence-electron chi connectivity index (χ2n) is 4.93. The molecule has 19 heavy (non-hydrogen) atoms. The number of nitrogens with zero attached hydrogens (tertiary/aromatic N) is 1. The fraction of sp³-hybridized carbons (Fsp3) is 0.571. The van der Waals surface area contributed by atoms with Gasteiger partial charge in [-0.1, -0.05) is 19.9 Å². The number of hydrogen-bond donors (Lipinski definition) is 1. The summed E-state index contributed by atoms with van der Waals surface area (Å²) >= 11 is 0. The van der Waals surface area contributed by atoms with Gasteiger partial charge in [0.05, 0.1) is 17.6 Å². The molecule has 0 bridgehead atoms. The van der Waals surface area contributed by atoms with Gasteiger partial charge in [0.1, 0.15) is 0 Å². The standard InChI is InChI=1S/C14H21NO4/c1-5-19-13-8-11(6-7-12(13)15(17)18)14(9(2)3)10(4)16/h6-10,14,16H,5H2,1-4H3. The molecule has 1 aromatic rings. The Morgan fingerprint density at radius 2 is 2.00 bits per heavy atom. The van der Waals surface area contributed by atoms with Crippen LogP contribution in [-0.4, -0.2) is 22.7 Å². The van der Waals surface area contributed by atoms with Gasteiger partial charge < -0.3 is 9.84 Å². The van der Waals surface area contributed by atoms with Gasteiger partial charge in [-0.2, -0.15) is 0 Å². The number of nitro groups is 1. The second kappa shape index (κ2) is 6.52. The Labute approximate surface area is 113 Å². The zero-order valence-corrected chi connectivity index (χ0v) is 11.8. The number of rotatable bonds is 6. The lowest BCUT2D eigenvalue weighted by atomic mass is 9.84. The van der Waals surface area contributed by atoms with Crippen molar-refractivity contribution in [3.63, 3.8) is 0 Å². The first-order valence-corrected chi connectivity index (χ1v) is 6.47. The van der Waals surface area contributed by atoms with Gasteiger partial charge in [0.15, 0.2) is 5.75 Å². The van der Waals surface area contributed by atoms with Crippen molar-refractivity contribution in [2.45, 2.75) is 39.7 Å². The molecule has 1 N–H and O–H groups in total. The van der Waals surface area contributed by atoms with E-state index >= 15 is 0 Å². The van der Waals surface area contributed by atoms with E-state index in [1.54, 1.807) is 26.0 Å². The normalized spacial score (nSPS) is 14.2. The number of aliphatic hydroxyl groups is 1. The molecule has 0 aliphatic rings. The van der Waals surface area contributed by atoms with Gasteiger partial charge in [-0.25, -0.2) is 0 Å². The van der Waals surface area contributed by atoms with Gasteiger partial charge in [-0.05, 0) is 31.4 Å². The maximum atomic E-state index is 10.9. The number of nitro benzene ring substituents is 1. The van der Waals surface area contributed by atoms with Crippen LogP contribution in [0.25, 0.3) is 0 Å². The van der Waals surface area contributed by atoms with Crippen LogP contribution in [0.3, 0.4) is 0 Å². The lowest BCUT2D eigenvalue weighted by Crippen LogP contribution is -2.20. The van der Waals surface area contributed by atoms with Crippen LogP contribution in [0.2, 0.25) is 0 Å². The van der Waals surface area contributed by atoms with E-state index in [-0.39, 0.29) is 23.3 Å². The third-order valence-corrected chi connectivity index (χ3v) is 3.10. The molecule has 0 aromatic heterocycles. The zero-order chi connectivity index (χ0) is 14.6. The van der Waals surface area contributed by atoms with E-state index in [9.17, 15) is 15.2 Å². The van der Waals surface area contributed by atoms with Crippen LogP contribution in [0, 0.1) is 16.0 Å². The van der Waals surface area contributed by atoms with Crippen LogP contribution in [0.1, 0.15) is 39.2 Å². The van der Waals surface area contributed by atoms with Crippen LogP contribution in [0.15, 0.2) is 18.2 Å². The monoisotopic (exact) mass is 267 g/mol. The largest absolute Gasteiger partial charge is 0.487 e. The van der Waals surface area contributed by atoms with Gasteiger partial charge in [0.25, 0.3) is 0 Å². The molecule has 0 heterocycles. The van der Waals surface area contributed by atoms with Gasteiger partial charge in [0.2, 0.25) is 0 Å². The van der Waals surface area contributed by atoms with Gasteiger partial charge in [0, 0.05) is 12.0 Å². The van der Waals surface area contributed by atoms with Crippen LogP contribution >= 0.6 is 0 Å². The minimum Gasteiger partial charge on any atom is -0.487 e. The third-order valence-electron chi connectivity index (χ3n) is 3.10. The van der Waals surface area contributed by atoms with Crippen molar-refractivity contribution in [2.24, 2.45) is 5.92 Å². The minimum atomic E-state index is -0.518. The molecule has 0 spiro atoms. The highest BCUT2D eigenvalue weighted by molar-refractivity contribution is 5.49. The first-order chi connectivity index (χ1) is 8.88. The van der Waals surface area contributed by atoms with Crippen molar-refractivity contribution in [3.8, 4) is 5.75 Å². The fourth-order valence-electron chi connectivity index (χ4n) is 2.38. The highest BCUT2D eigenvalue weighted by Crippen LogP contribution is 2.35. The zero-order valence-electron chi connectivity index (χ0n) is 11.8. The Balaban J connectivity index is 3.23. The average Bonchev–Trinajstić information content (AvgIpc) is 2.28. The molecule has 0 aliphatic carbocycles. The van der Waals surface area contributed by atoms with Crippen molar-refractivity contribution in [3.05, 3.63) is 33.9 Å². The van der Waals surface area contributed by atoms with E-state index in [2.05, 4.69) is 0 Å². The van der Waals surface area contributed by atoms with Crippen molar-refractivity contribution in [1.82, 2.24) is 0 Å². The lowest BCUT2D eigenvalue weighted by molar-refractivity contribution is -0.385. The van der Waals surface area contributed by atoms with E-state index in [1.807, 2.05) is 13.8 Å². The highest BCUT2D eigenvalue weighted by atomic mass is 16.6. The van der Waals surface area contributed by atoms with E-state index in [4.69, 9.17) is 4.74 Å². The van der Waals surface area contributed by atoms with Gasteiger partial charge >= 0.3 is 5.69 Å². The Morgan fingerprint density at radius 1 is 1.37 bits per heavy atom. The highest BCUT2D eigenvalue weighted by Gasteiger charge is 2.24. The van der Waals surface area contributed by atoms with Crippen LogP contribution in [0.4, 0.5) is 5.69 Å². The number of ether oxygens (including phenoxy) is 1. The molecule has 0 amide bonds. The van der Waals surface area contributed by atoms with Gasteiger partial charge in [-0.15, -0.1) is 0 Å². The summed E-state index contributed by atoms with van der Waals surface area (Å²) in [6.07, 6.45) is -0.518. The van der Waals surface area contributed by atoms with Crippen molar-refractivity contribution in [2.75, 3.05) is 6.61 Å². The summed E-state index contributed by atoms with van der Waals surface area (Å²) in [5.74, 6) is 0.423. The molecule has 0 fully saturated rings. The molecule has 5 heteroatoms. The molecule has 0 saturated carbocycles. The summed E-state index contributed by atoms with van der Waals surface area (Å²) in [4.78, 5) is 10.5. The number of aliphatic hydroxyl groups excluding tert-OH is 1. The summed E-state index contributed by atoms with van der Waals surface area (Å²) in [5.41, 5.74) is 0.817. The smallest absolute Gasteiger partial charge is 0.310 e. The summed E-state index contributed by atoms with van der Waals surface area (Å²) < 4.78 is 5.33. The molecule has 1 aromatic carbocycles. The fourth-order valence-corrected chi connectivity index (χ4v) is 2.38. The minimum absolute atomic E-state index is 0.0429. The number of benzene rings is 1. The second-order valence-corrected chi connectivity index (χ2v) is 4.93. The molecule has 106 valence electrons. The van der Waals surface area contributed by atoms with Crippen LogP contribution in [-0.2, 0) is 0 Å². The van der Waals surface area contributed by atoms with E-state index in [1.165, 1.54) is 6.07 Å². The molecule has 1 rings (SSSR count). The molecule has 5 nitrogen and oxygen atoms in total. The number of hydrogen-bond acceptors (Lipinski definition) is 4.